The van der Waals surface area contributed by atoms with Gasteiger partial charge in [-0.15, -0.1) is 0 Å². The lowest BCUT2D eigenvalue weighted by atomic mass is 9.84. The molecule has 5 heterocycles. The number of amides is 1. The van der Waals surface area contributed by atoms with E-state index >= 15 is 0 Å². The second-order valence-corrected chi connectivity index (χ2v) is 9.51. The number of Topliss-reactive ketones (excluding diaryl/α,β-unsaturated/α-hetero) is 1. The Labute approximate surface area is 207 Å². The van der Waals surface area contributed by atoms with E-state index < -0.39 is 6.61 Å². The first kappa shape index (κ1) is 22.4. The minimum absolute atomic E-state index is 0.0396. The van der Waals surface area contributed by atoms with Crippen molar-refractivity contribution in [1.29, 1.82) is 0 Å². The number of nitrogen functional groups attached to an aromatic ring is 1. The fraction of sp³-hybridized carbons (Fsp3) is 0.296. The standard InChI is InChI=1S/C27H26N6O3/c1-15(35)24-25(19-11-18-8-10-22(19)32(18)23(36)14-34)31-27-20(13-30-33(27)26(24)28)17-7-9-21(29-12-17)16-5-3-2-4-6-16/h2-7,9,12-13,18-19,22,34H,8,10-11,14,28H2,1H3. The Kier molecular flexibility index (Phi) is 5.30. The lowest BCUT2D eigenvalue weighted by Gasteiger charge is -2.25. The summed E-state index contributed by atoms with van der Waals surface area (Å²) in [4.78, 5) is 36.5. The van der Waals surface area contributed by atoms with Gasteiger partial charge < -0.3 is 15.7 Å². The van der Waals surface area contributed by atoms with Crippen LogP contribution in [0, 0.1) is 0 Å². The summed E-state index contributed by atoms with van der Waals surface area (Å²) >= 11 is 0. The Morgan fingerprint density at radius 1 is 1.08 bits per heavy atom. The van der Waals surface area contributed by atoms with Gasteiger partial charge in [-0.3, -0.25) is 14.6 Å². The molecule has 0 radical (unpaired) electrons. The molecule has 182 valence electrons. The van der Waals surface area contributed by atoms with Crippen LogP contribution in [-0.4, -0.2) is 60.0 Å². The van der Waals surface area contributed by atoms with Gasteiger partial charge in [0, 0.05) is 40.9 Å². The number of aliphatic hydroxyl groups excluding tert-OH is 1. The maximum atomic E-state index is 12.7. The van der Waals surface area contributed by atoms with Gasteiger partial charge in [-0.1, -0.05) is 36.4 Å². The number of pyridine rings is 1. The van der Waals surface area contributed by atoms with E-state index in [-0.39, 0.29) is 35.5 Å². The number of aromatic nitrogens is 4. The van der Waals surface area contributed by atoms with Gasteiger partial charge in [0.15, 0.2) is 11.4 Å². The summed E-state index contributed by atoms with van der Waals surface area (Å²) in [5.41, 5.74) is 11.5. The number of aliphatic hydroxyl groups is 1. The maximum absolute atomic E-state index is 12.7. The van der Waals surface area contributed by atoms with Crippen LogP contribution in [0.4, 0.5) is 5.82 Å². The summed E-state index contributed by atoms with van der Waals surface area (Å²) in [5, 5.41) is 13.9. The van der Waals surface area contributed by atoms with E-state index in [4.69, 9.17) is 10.7 Å². The zero-order chi connectivity index (χ0) is 25.0. The predicted octanol–water partition coefficient (Wildman–Crippen LogP) is 3.08. The molecule has 0 spiro atoms. The van der Waals surface area contributed by atoms with Crippen molar-refractivity contribution in [2.75, 3.05) is 12.3 Å². The quantitative estimate of drug-likeness (QED) is 0.419. The Hall–Kier alpha value is -4.11. The van der Waals surface area contributed by atoms with Crippen molar-refractivity contribution in [3.05, 3.63) is 66.1 Å². The summed E-state index contributed by atoms with van der Waals surface area (Å²) in [6.07, 6.45) is 5.86. The van der Waals surface area contributed by atoms with Gasteiger partial charge in [-0.05, 0) is 32.3 Å². The predicted molar refractivity (Wildman–Crippen MR) is 134 cm³/mol. The Balaban J connectivity index is 1.45. The first-order valence-corrected chi connectivity index (χ1v) is 12.1. The molecular weight excluding hydrogens is 456 g/mol. The molecule has 1 amide bonds. The van der Waals surface area contributed by atoms with Crippen LogP contribution in [0.15, 0.2) is 54.9 Å². The van der Waals surface area contributed by atoms with Gasteiger partial charge in [0.2, 0.25) is 5.91 Å². The number of anilines is 1. The molecule has 9 nitrogen and oxygen atoms in total. The highest BCUT2D eigenvalue weighted by atomic mass is 16.3. The van der Waals surface area contributed by atoms with Gasteiger partial charge in [-0.2, -0.15) is 9.61 Å². The third kappa shape index (κ3) is 3.38. The van der Waals surface area contributed by atoms with E-state index in [1.54, 1.807) is 17.3 Å². The number of nitrogens with two attached hydrogens (primary N) is 1. The SMILES string of the molecule is CC(=O)c1c(C2CC3CCC2N3C(=O)CO)nc2c(-c3ccc(-c4ccccc4)nc3)cnn2c1N. The van der Waals surface area contributed by atoms with Crippen LogP contribution in [0.5, 0.6) is 0 Å². The van der Waals surface area contributed by atoms with E-state index in [0.29, 0.717) is 23.3 Å². The molecule has 9 heteroatoms. The minimum atomic E-state index is -0.521. The number of hydrogen-bond donors (Lipinski definition) is 2. The summed E-state index contributed by atoms with van der Waals surface area (Å²) in [5.74, 6) is -0.360. The van der Waals surface area contributed by atoms with Crippen LogP contribution in [0.1, 0.15) is 48.2 Å². The molecule has 2 bridgehead atoms. The summed E-state index contributed by atoms with van der Waals surface area (Å²) in [7, 11) is 0. The van der Waals surface area contributed by atoms with Gasteiger partial charge >= 0.3 is 0 Å². The molecule has 2 aliphatic heterocycles. The van der Waals surface area contributed by atoms with Crippen molar-refractivity contribution in [3.8, 4) is 22.4 Å². The van der Waals surface area contributed by atoms with Crippen molar-refractivity contribution in [2.24, 2.45) is 0 Å². The molecule has 4 aromatic rings. The second-order valence-electron chi connectivity index (χ2n) is 9.51. The summed E-state index contributed by atoms with van der Waals surface area (Å²) < 4.78 is 1.50. The normalized spacial score (nSPS) is 20.8. The molecule has 6 rings (SSSR count). The van der Waals surface area contributed by atoms with Crippen molar-refractivity contribution < 1.29 is 14.7 Å². The average Bonchev–Trinajstić information content (AvgIpc) is 3.61. The van der Waals surface area contributed by atoms with Crippen molar-refractivity contribution in [3.63, 3.8) is 0 Å². The van der Waals surface area contributed by atoms with E-state index in [0.717, 1.165) is 35.2 Å². The first-order chi connectivity index (χ1) is 17.5. The van der Waals surface area contributed by atoms with E-state index in [9.17, 15) is 14.7 Å². The molecule has 2 saturated heterocycles. The lowest BCUT2D eigenvalue weighted by molar-refractivity contribution is -0.135. The largest absolute Gasteiger partial charge is 0.387 e. The van der Waals surface area contributed by atoms with E-state index in [1.807, 2.05) is 42.5 Å². The van der Waals surface area contributed by atoms with Crippen molar-refractivity contribution >= 4 is 23.2 Å². The molecule has 3 atom stereocenters. The molecule has 3 N–H and O–H groups in total. The molecule has 0 saturated carbocycles. The van der Waals surface area contributed by atoms with Crippen LogP contribution in [0.2, 0.25) is 0 Å². The number of ketones is 1. The highest BCUT2D eigenvalue weighted by Gasteiger charge is 2.50. The third-order valence-electron chi connectivity index (χ3n) is 7.52. The zero-order valence-electron chi connectivity index (χ0n) is 19.8. The zero-order valence-corrected chi connectivity index (χ0v) is 19.8. The lowest BCUT2D eigenvalue weighted by Crippen LogP contribution is -2.38. The smallest absolute Gasteiger partial charge is 0.248 e. The monoisotopic (exact) mass is 482 g/mol. The molecule has 3 aromatic heterocycles. The average molecular weight is 483 g/mol. The van der Waals surface area contributed by atoms with Gasteiger partial charge in [-0.25, -0.2) is 4.98 Å². The van der Waals surface area contributed by atoms with Gasteiger partial charge in [0.05, 0.1) is 23.1 Å². The fourth-order valence-corrected chi connectivity index (χ4v) is 5.95. The van der Waals surface area contributed by atoms with Crippen LogP contribution in [-0.2, 0) is 4.79 Å². The molecule has 1 aromatic carbocycles. The van der Waals surface area contributed by atoms with Gasteiger partial charge in [0.1, 0.15) is 12.4 Å². The van der Waals surface area contributed by atoms with Crippen LogP contribution in [0.3, 0.4) is 0 Å². The molecule has 0 aliphatic carbocycles. The Morgan fingerprint density at radius 3 is 2.58 bits per heavy atom. The van der Waals surface area contributed by atoms with Gasteiger partial charge in [0.25, 0.3) is 0 Å². The molecule has 3 unspecified atom stereocenters. The van der Waals surface area contributed by atoms with Crippen molar-refractivity contribution in [1.82, 2.24) is 24.5 Å². The van der Waals surface area contributed by atoms with Crippen LogP contribution in [0.25, 0.3) is 28.0 Å². The van der Waals surface area contributed by atoms with Crippen LogP contribution >= 0.6 is 0 Å². The number of hydrogen-bond acceptors (Lipinski definition) is 7. The number of carbonyl (C=O) groups excluding carboxylic acids is 2. The van der Waals surface area contributed by atoms with Crippen LogP contribution < -0.4 is 5.73 Å². The molecule has 2 fully saturated rings. The van der Waals surface area contributed by atoms with Crippen molar-refractivity contribution in [2.45, 2.75) is 44.2 Å². The fourth-order valence-electron chi connectivity index (χ4n) is 5.95. The molecular formula is C27H26N6O3. The first-order valence-electron chi connectivity index (χ1n) is 12.1. The third-order valence-corrected chi connectivity index (χ3v) is 7.52. The highest BCUT2D eigenvalue weighted by Crippen LogP contribution is 2.48. The molecule has 36 heavy (non-hydrogen) atoms. The maximum Gasteiger partial charge on any atom is 0.248 e. The Bertz CT molecular complexity index is 1480. The Morgan fingerprint density at radius 2 is 1.89 bits per heavy atom. The number of fused-ring (bicyclic) bond motifs is 3. The number of benzene rings is 1. The number of carbonyl (C=O) groups is 2. The second kappa shape index (κ2) is 8.53. The highest BCUT2D eigenvalue weighted by molar-refractivity contribution is 6.00. The minimum Gasteiger partial charge on any atom is -0.387 e. The van der Waals surface area contributed by atoms with E-state index in [2.05, 4.69) is 10.1 Å². The molecule has 2 aliphatic rings. The number of rotatable bonds is 5. The summed E-state index contributed by atoms with van der Waals surface area (Å²) in [6.45, 7) is 0.954. The summed E-state index contributed by atoms with van der Waals surface area (Å²) in [6, 6.07) is 13.8. The number of nitrogens with zero attached hydrogens (tertiary/aromatic N) is 5. The topological polar surface area (TPSA) is 127 Å². The van der Waals surface area contributed by atoms with E-state index in [1.165, 1.54) is 11.4 Å².